The first-order valence-electron chi connectivity index (χ1n) is 10.5. The van der Waals surface area contributed by atoms with Gasteiger partial charge >= 0.3 is 0 Å². The second kappa shape index (κ2) is 10.2. The van der Waals surface area contributed by atoms with Crippen molar-refractivity contribution < 1.29 is 4.79 Å². The first kappa shape index (κ1) is 21.1. The van der Waals surface area contributed by atoms with E-state index in [1.54, 1.807) is 11.3 Å². The van der Waals surface area contributed by atoms with Gasteiger partial charge in [-0.25, -0.2) is 4.98 Å². The Balaban J connectivity index is 1.24. The highest BCUT2D eigenvalue weighted by Crippen LogP contribution is 2.24. The predicted molar refractivity (Wildman–Crippen MR) is 122 cm³/mol. The van der Waals surface area contributed by atoms with Gasteiger partial charge in [-0.05, 0) is 55.5 Å². The minimum absolute atomic E-state index is 0.102. The van der Waals surface area contributed by atoms with E-state index >= 15 is 0 Å². The number of hydrogen-bond acceptors (Lipinski definition) is 4. The number of hydrogen-bond donors (Lipinski definition) is 1. The van der Waals surface area contributed by atoms with Crippen LogP contribution in [0.1, 0.15) is 36.9 Å². The second-order valence-electron chi connectivity index (χ2n) is 7.83. The van der Waals surface area contributed by atoms with E-state index < -0.39 is 0 Å². The lowest BCUT2D eigenvalue weighted by Gasteiger charge is -2.32. The minimum atomic E-state index is 0.102. The molecule has 0 unspecified atom stereocenters. The largest absolute Gasteiger partial charge is 0.352 e. The maximum atomic E-state index is 12.3. The Morgan fingerprint density at radius 1 is 1.27 bits per heavy atom. The summed E-state index contributed by atoms with van der Waals surface area (Å²) < 4.78 is 2.18. The third-order valence-corrected chi connectivity index (χ3v) is 6.80. The van der Waals surface area contributed by atoms with Crippen LogP contribution in [0.3, 0.4) is 0 Å². The van der Waals surface area contributed by atoms with Crippen molar-refractivity contribution in [2.24, 2.45) is 5.92 Å². The van der Waals surface area contributed by atoms with Crippen LogP contribution in [0.15, 0.2) is 54.2 Å². The van der Waals surface area contributed by atoms with Gasteiger partial charge in [0.05, 0.1) is 0 Å². The van der Waals surface area contributed by atoms with Gasteiger partial charge in [-0.15, -0.1) is 11.3 Å². The van der Waals surface area contributed by atoms with Crippen molar-refractivity contribution >= 4 is 28.8 Å². The molecule has 1 N–H and O–H groups in total. The molecule has 0 bridgehead atoms. The van der Waals surface area contributed by atoms with E-state index in [-0.39, 0.29) is 5.91 Å². The average molecular weight is 443 g/mol. The second-order valence-corrected chi connectivity index (χ2v) is 9.11. The van der Waals surface area contributed by atoms with E-state index in [1.807, 2.05) is 35.8 Å². The normalized spacial score (nSPS) is 17.2. The van der Waals surface area contributed by atoms with E-state index in [4.69, 9.17) is 11.6 Å². The number of nitrogens with one attached hydrogen (secondary N) is 1. The van der Waals surface area contributed by atoms with Gasteiger partial charge < -0.3 is 5.32 Å². The number of halogens is 1. The number of benzene rings is 1. The highest BCUT2D eigenvalue weighted by Gasteiger charge is 2.21. The van der Waals surface area contributed by atoms with E-state index in [0.717, 1.165) is 36.8 Å². The number of rotatable bonds is 8. The molecule has 5 nitrogen and oxygen atoms in total. The lowest BCUT2D eigenvalue weighted by molar-refractivity contribution is -0.121. The summed E-state index contributed by atoms with van der Waals surface area (Å²) >= 11 is 7.82. The van der Waals surface area contributed by atoms with Crippen LogP contribution in [-0.2, 0) is 17.9 Å². The number of amides is 1. The van der Waals surface area contributed by atoms with Gasteiger partial charge in [0.1, 0.15) is 0 Å². The third-order valence-electron chi connectivity index (χ3n) is 5.66. The Hall–Kier alpha value is -2.15. The molecule has 1 aliphatic heterocycles. The van der Waals surface area contributed by atoms with Crippen molar-refractivity contribution in [2.45, 2.75) is 38.8 Å². The van der Waals surface area contributed by atoms with Crippen molar-refractivity contribution in [1.29, 1.82) is 0 Å². The van der Waals surface area contributed by atoms with Gasteiger partial charge in [-0.1, -0.05) is 29.8 Å². The highest BCUT2D eigenvalue weighted by molar-refractivity contribution is 7.12. The number of nitrogens with zero attached hydrogens (tertiary/aromatic N) is 3. The van der Waals surface area contributed by atoms with Gasteiger partial charge in [0.25, 0.3) is 0 Å². The highest BCUT2D eigenvalue weighted by atomic mass is 35.5. The van der Waals surface area contributed by atoms with Crippen LogP contribution >= 0.6 is 22.9 Å². The molecule has 7 heteroatoms. The number of piperidine rings is 1. The maximum Gasteiger partial charge on any atom is 0.220 e. The Labute approximate surface area is 186 Å². The summed E-state index contributed by atoms with van der Waals surface area (Å²) in [6.07, 6.45) is 7.80. The number of thiazole rings is 1. The van der Waals surface area contributed by atoms with Crippen LogP contribution in [0.25, 0.3) is 5.13 Å². The van der Waals surface area contributed by atoms with E-state index in [1.165, 1.54) is 18.5 Å². The zero-order chi connectivity index (χ0) is 20.8. The SMILES string of the molecule is O=C(CC[C@@H]1CCCN(Cc2cccn2-c2nccs2)C1)NCc1ccccc1Cl. The summed E-state index contributed by atoms with van der Waals surface area (Å²) in [4.78, 5) is 19.2. The molecule has 1 aliphatic rings. The number of carbonyl (C=O) groups is 1. The first-order valence-corrected chi connectivity index (χ1v) is 11.7. The molecular formula is C23H27ClN4OS. The van der Waals surface area contributed by atoms with Crippen LogP contribution in [0.5, 0.6) is 0 Å². The molecule has 2 aromatic heterocycles. The van der Waals surface area contributed by atoms with Crippen LogP contribution in [0.4, 0.5) is 0 Å². The van der Waals surface area contributed by atoms with E-state index in [0.29, 0.717) is 23.9 Å². The fourth-order valence-corrected chi connectivity index (χ4v) is 4.94. The molecule has 30 heavy (non-hydrogen) atoms. The van der Waals surface area contributed by atoms with Gasteiger partial charge in [-0.2, -0.15) is 0 Å². The summed E-state index contributed by atoms with van der Waals surface area (Å²) in [6, 6.07) is 11.9. The van der Waals surface area contributed by atoms with E-state index in [9.17, 15) is 4.79 Å². The number of likely N-dealkylation sites (tertiary alicyclic amines) is 1. The van der Waals surface area contributed by atoms with Crippen molar-refractivity contribution in [2.75, 3.05) is 13.1 Å². The van der Waals surface area contributed by atoms with Crippen molar-refractivity contribution in [3.8, 4) is 5.13 Å². The number of aromatic nitrogens is 2. The fourth-order valence-electron chi connectivity index (χ4n) is 4.09. The zero-order valence-electron chi connectivity index (χ0n) is 17.0. The van der Waals surface area contributed by atoms with Gasteiger partial charge in [0, 0.05) is 54.5 Å². The molecule has 3 heterocycles. The Morgan fingerprint density at radius 2 is 2.17 bits per heavy atom. The van der Waals surface area contributed by atoms with Crippen molar-refractivity contribution in [3.05, 3.63) is 70.5 Å². The van der Waals surface area contributed by atoms with Crippen LogP contribution in [0.2, 0.25) is 5.02 Å². The molecule has 1 aromatic carbocycles. The number of carbonyl (C=O) groups excluding carboxylic acids is 1. The summed E-state index contributed by atoms with van der Waals surface area (Å²) in [5, 5.41) is 6.72. The molecule has 0 radical (unpaired) electrons. The molecular weight excluding hydrogens is 416 g/mol. The zero-order valence-corrected chi connectivity index (χ0v) is 18.5. The summed E-state index contributed by atoms with van der Waals surface area (Å²) in [6.45, 7) is 3.56. The summed E-state index contributed by atoms with van der Waals surface area (Å²) in [7, 11) is 0. The molecule has 0 saturated carbocycles. The molecule has 4 rings (SSSR count). The standard InChI is InChI=1S/C23H27ClN4OS/c24-21-8-2-1-6-19(21)15-26-22(29)10-9-18-5-3-12-27(16-18)17-20-7-4-13-28(20)23-25-11-14-30-23/h1-2,4,6-8,11,13-14,18H,3,5,9-10,12,15-17H2,(H,26,29)/t18-/m0/s1. The van der Waals surface area contributed by atoms with Crippen molar-refractivity contribution in [1.82, 2.24) is 19.8 Å². The Morgan fingerprint density at radius 3 is 3.00 bits per heavy atom. The molecule has 1 amide bonds. The fraction of sp³-hybridized carbons (Fsp3) is 0.391. The first-order chi connectivity index (χ1) is 14.7. The van der Waals surface area contributed by atoms with Crippen LogP contribution in [0, 0.1) is 5.92 Å². The molecule has 1 fully saturated rings. The summed E-state index contributed by atoms with van der Waals surface area (Å²) in [5.74, 6) is 0.665. The monoisotopic (exact) mass is 442 g/mol. The van der Waals surface area contributed by atoms with Gasteiger partial charge in [-0.3, -0.25) is 14.3 Å². The molecule has 1 atom stereocenters. The summed E-state index contributed by atoms with van der Waals surface area (Å²) in [5.41, 5.74) is 2.22. The lowest BCUT2D eigenvalue weighted by atomic mass is 9.93. The lowest BCUT2D eigenvalue weighted by Crippen LogP contribution is -2.36. The van der Waals surface area contributed by atoms with Gasteiger partial charge in [0.2, 0.25) is 5.91 Å². The van der Waals surface area contributed by atoms with Crippen LogP contribution < -0.4 is 5.32 Å². The molecule has 158 valence electrons. The molecule has 0 aliphatic carbocycles. The predicted octanol–water partition coefficient (Wildman–Crippen LogP) is 4.90. The molecule has 1 saturated heterocycles. The smallest absolute Gasteiger partial charge is 0.220 e. The quantitative estimate of drug-likeness (QED) is 0.540. The van der Waals surface area contributed by atoms with Crippen LogP contribution in [-0.4, -0.2) is 33.4 Å². The Kier molecular flexibility index (Phi) is 7.20. The van der Waals surface area contributed by atoms with Gasteiger partial charge in [0.15, 0.2) is 5.13 Å². The molecule has 0 spiro atoms. The maximum absolute atomic E-state index is 12.3. The molecule has 3 aromatic rings. The minimum Gasteiger partial charge on any atom is -0.352 e. The average Bonchev–Trinajstić information content (AvgIpc) is 3.44. The Bertz CT molecular complexity index is 956. The third kappa shape index (κ3) is 5.50. The topological polar surface area (TPSA) is 50.2 Å². The van der Waals surface area contributed by atoms with E-state index in [2.05, 4.69) is 38.1 Å². The van der Waals surface area contributed by atoms with Crippen molar-refractivity contribution in [3.63, 3.8) is 0 Å².